The molecule has 1 atom stereocenters. The fourth-order valence-electron chi connectivity index (χ4n) is 3.24. The lowest BCUT2D eigenvalue weighted by atomic mass is 10.1. The number of hydrogen-bond acceptors (Lipinski definition) is 3. The van der Waals surface area contributed by atoms with Crippen LogP contribution in [0.15, 0.2) is 91.3 Å². The Balaban J connectivity index is 1.43. The highest BCUT2D eigenvalue weighted by Crippen LogP contribution is 2.19. The van der Waals surface area contributed by atoms with E-state index in [-0.39, 0.29) is 17.9 Å². The summed E-state index contributed by atoms with van der Waals surface area (Å²) in [6.45, 7) is 1.89. The number of hydrogen-bond donors (Lipinski definition) is 2. The van der Waals surface area contributed by atoms with Crippen molar-refractivity contribution < 1.29 is 9.59 Å². The SMILES string of the molecule is CC(NC(=O)c1cnn(-c2cccc(Cl)c2)c1)c1cccc(NC(=O)c2ccccc2)c1. The van der Waals surface area contributed by atoms with Crippen LogP contribution >= 0.6 is 11.6 Å². The number of amides is 2. The molecule has 0 spiro atoms. The summed E-state index contributed by atoms with van der Waals surface area (Å²) in [7, 11) is 0. The minimum Gasteiger partial charge on any atom is -0.345 e. The average molecular weight is 445 g/mol. The van der Waals surface area contributed by atoms with E-state index in [1.807, 2.05) is 61.5 Å². The first-order valence-electron chi connectivity index (χ1n) is 10.1. The third-order valence-corrected chi connectivity index (χ3v) is 5.18. The standard InChI is InChI=1S/C25H21ClN4O2/c1-17(19-9-5-11-22(13-19)29-24(31)18-7-3-2-4-8-18)28-25(32)20-15-27-30(16-20)23-12-6-10-21(26)14-23/h2-17H,1H3,(H,28,32)(H,29,31). The van der Waals surface area contributed by atoms with Gasteiger partial charge in [-0.05, 0) is 55.0 Å². The normalized spacial score (nSPS) is 11.6. The Morgan fingerprint density at radius 2 is 1.69 bits per heavy atom. The first-order chi connectivity index (χ1) is 15.5. The Labute approximate surface area is 190 Å². The molecule has 0 fully saturated rings. The molecule has 6 nitrogen and oxygen atoms in total. The monoisotopic (exact) mass is 444 g/mol. The quantitative estimate of drug-likeness (QED) is 0.425. The number of rotatable bonds is 6. The van der Waals surface area contributed by atoms with E-state index in [0.29, 0.717) is 21.8 Å². The molecule has 0 aliphatic rings. The fourth-order valence-corrected chi connectivity index (χ4v) is 3.43. The molecular formula is C25H21ClN4O2. The van der Waals surface area contributed by atoms with Crippen LogP contribution in [0.2, 0.25) is 5.02 Å². The van der Waals surface area contributed by atoms with Crippen LogP contribution in [0.25, 0.3) is 5.69 Å². The molecule has 0 saturated heterocycles. The molecule has 0 bridgehead atoms. The highest BCUT2D eigenvalue weighted by Gasteiger charge is 2.15. The Kier molecular flexibility index (Phi) is 6.33. The van der Waals surface area contributed by atoms with Crippen molar-refractivity contribution in [1.29, 1.82) is 0 Å². The Hall–Kier alpha value is -3.90. The van der Waals surface area contributed by atoms with Crippen molar-refractivity contribution in [2.45, 2.75) is 13.0 Å². The Morgan fingerprint density at radius 3 is 2.47 bits per heavy atom. The smallest absolute Gasteiger partial charge is 0.255 e. The van der Waals surface area contributed by atoms with Crippen molar-refractivity contribution in [2.24, 2.45) is 0 Å². The second-order valence-electron chi connectivity index (χ2n) is 7.29. The van der Waals surface area contributed by atoms with Gasteiger partial charge in [0, 0.05) is 22.5 Å². The van der Waals surface area contributed by atoms with Crippen LogP contribution in [-0.2, 0) is 0 Å². The summed E-state index contributed by atoms with van der Waals surface area (Å²) in [5.41, 5.74) is 3.31. The summed E-state index contributed by atoms with van der Waals surface area (Å²) in [6, 6.07) is 23.4. The van der Waals surface area contributed by atoms with Crippen LogP contribution in [0, 0.1) is 0 Å². The van der Waals surface area contributed by atoms with Crippen molar-refractivity contribution in [3.8, 4) is 5.69 Å². The molecule has 0 aliphatic heterocycles. The first-order valence-corrected chi connectivity index (χ1v) is 10.5. The molecule has 2 amide bonds. The second kappa shape index (κ2) is 9.49. The zero-order valence-corrected chi connectivity index (χ0v) is 18.1. The van der Waals surface area contributed by atoms with Gasteiger partial charge in [-0.1, -0.05) is 48.0 Å². The third kappa shape index (κ3) is 5.04. The van der Waals surface area contributed by atoms with Gasteiger partial charge in [-0.3, -0.25) is 9.59 Å². The lowest BCUT2D eigenvalue weighted by Crippen LogP contribution is -2.26. The number of carbonyl (C=O) groups is 2. The van der Waals surface area contributed by atoms with E-state index in [0.717, 1.165) is 11.3 Å². The van der Waals surface area contributed by atoms with E-state index in [4.69, 9.17) is 11.6 Å². The average Bonchev–Trinajstić information content (AvgIpc) is 3.30. The number of nitrogens with one attached hydrogen (secondary N) is 2. The van der Waals surface area contributed by atoms with E-state index in [1.165, 1.54) is 6.20 Å². The Bertz CT molecular complexity index is 1250. The lowest BCUT2D eigenvalue weighted by molar-refractivity contribution is 0.0939. The molecule has 0 aliphatic carbocycles. The van der Waals surface area contributed by atoms with Gasteiger partial charge in [-0.15, -0.1) is 0 Å². The molecule has 3 aromatic carbocycles. The van der Waals surface area contributed by atoms with Gasteiger partial charge in [0.05, 0.1) is 23.5 Å². The van der Waals surface area contributed by atoms with Crippen LogP contribution in [0.5, 0.6) is 0 Å². The minimum absolute atomic E-state index is 0.187. The van der Waals surface area contributed by atoms with Crippen molar-refractivity contribution in [3.05, 3.63) is 113 Å². The van der Waals surface area contributed by atoms with E-state index >= 15 is 0 Å². The molecule has 1 aromatic heterocycles. The maximum absolute atomic E-state index is 12.7. The predicted molar refractivity (Wildman–Crippen MR) is 125 cm³/mol. The maximum atomic E-state index is 12.7. The Morgan fingerprint density at radius 1 is 0.906 bits per heavy atom. The summed E-state index contributed by atoms with van der Waals surface area (Å²) < 4.78 is 1.60. The largest absolute Gasteiger partial charge is 0.345 e. The summed E-state index contributed by atoms with van der Waals surface area (Å²) in [4.78, 5) is 25.1. The van der Waals surface area contributed by atoms with Crippen LogP contribution in [0.1, 0.15) is 39.2 Å². The van der Waals surface area contributed by atoms with E-state index in [2.05, 4.69) is 15.7 Å². The molecule has 4 rings (SSSR count). The zero-order chi connectivity index (χ0) is 22.5. The summed E-state index contributed by atoms with van der Waals surface area (Å²) in [6.07, 6.45) is 3.17. The number of anilines is 1. The van der Waals surface area contributed by atoms with Crippen molar-refractivity contribution in [3.63, 3.8) is 0 Å². The van der Waals surface area contributed by atoms with Crippen LogP contribution in [0.4, 0.5) is 5.69 Å². The molecule has 160 valence electrons. The van der Waals surface area contributed by atoms with E-state index < -0.39 is 0 Å². The molecule has 1 unspecified atom stereocenters. The van der Waals surface area contributed by atoms with Gasteiger partial charge in [-0.2, -0.15) is 5.10 Å². The summed E-state index contributed by atoms with van der Waals surface area (Å²) >= 11 is 6.03. The molecule has 1 heterocycles. The topological polar surface area (TPSA) is 76.0 Å². The van der Waals surface area contributed by atoms with Gasteiger partial charge in [0.25, 0.3) is 11.8 Å². The molecule has 7 heteroatoms. The predicted octanol–water partition coefficient (Wildman–Crippen LogP) is 5.27. The molecule has 2 N–H and O–H groups in total. The molecule has 32 heavy (non-hydrogen) atoms. The molecule has 0 radical (unpaired) electrons. The van der Waals surface area contributed by atoms with Crippen LogP contribution in [0.3, 0.4) is 0 Å². The van der Waals surface area contributed by atoms with Gasteiger partial charge < -0.3 is 10.6 Å². The van der Waals surface area contributed by atoms with E-state index in [1.54, 1.807) is 35.1 Å². The number of aromatic nitrogens is 2. The lowest BCUT2D eigenvalue weighted by Gasteiger charge is -2.15. The number of benzene rings is 3. The van der Waals surface area contributed by atoms with Gasteiger partial charge >= 0.3 is 0 Å². The molecule has 4 aromatic rings. The first kappa shape index (κ1) is 21.3. The van der Waals surface area contributed by atoms with Crippen molar-refractivity contribution >= 4 is 29.1 Å². The van der Waals surface area contributed by atoms with Crippen LogP contribution in [-0.4, -0.2) is 21.6 Å². The highest BCUT2D eigenvalue weighted by atomic mass is 35.5. The highest BCUT2D eigenvalue weighted by molar-refractivity contribution is 6.30. The van der Waals surface area contributed by atoms with Crippen molar-refractivity contribution in [1.82, 2.24) is 15.1 Å². The molecular weight excluding hydrogens is 424 g/mol. The van der Waals surface area contributed by atoms with Gasteiger partial charge in [0.15, 0.2) is 0 Å². The molecule has 0 saturated carbocycles. The van der Waals surface area contributed by atoms with Gasteiger partial charge in [0.1, 0.15) is 0 Å². The minimum atomic E-state index is -0.273. The summed E-state index contributed by atoms with van der Waals surface area (Å²) in [5, 5.41) is 10.7. The van der Waals surface area contributed by atoms with Crippen LogP contribution < -0.4 is 10.6 Å². The van der Waals surface area contributed by atoms with Gasteiger partial charge in [0.2, 0.25) is 0 Å². The van der Waals surface area contributed by atoms with E-state index in [9.17, 15) is 9.59 Å². The van der Waals surface area contributed by atoms with Crippen molar-refractivity contribution in [2.75, 3.05) is 5.32 Å². The summed E-state index contributed by atoms with van der Waals surface area (Å²) in [5.74, 6) is -0.433. The zero-order valence-electron chi connectivity index (χ0n) is 17.3. The maximum Gasteiger partial charge on any atom is 0.255 e. The number of halogens is 1. The number of carbonyl (C=O) groups excluding carboxylic acids is 2. The van der Waals surface area contributed by atoms with Gasteiger partial charge in [-0.25, -0.2) is 4.68 Å². The number of nitrogens with zero attached hydrogens (tertiary/aromatic N) is 2. The third-order valence-electron chi connectivity index (χ3n) is 4.95. The second-order valence-corrected chi connectivity index (χ2v) is 7.73. The fraction of sp³-hybridized carbons (Fsp3) is 0.0800.